The minimum Gasteiger partial charge on any atom is -0.398 e. The van der Waals surface area contributed by atoms with E-state index < -0.39 is 0 Å². The van der Waals surface area contributed by atoms with Crippen LogP contribution in [0.3, 0.4) is 0 Å². The Balaban J connectivity index is 1.89. The lowest BCUT2D eigenvalue weighted by Crippen LogP contribution is -2.16. The van der Waals surface area contributed by atoms with Gasteiger partial charge in [-0.05, 0) is 67.8 Å². The van der Waals surface area contributed by atoms with E-state index in [0.717, 1.165) is 16.7 Å². The Hall–Kier alpha value is -3.98. The molecule has 0 aliphatic carbocycles. The lowest BCUT2D eigenvalue weighted by molar-refractivity contribution is 0.102. The van der Waals surface area contributed by atoms with Gasteiger partial charge >= 0.3 is 0 Å². The molecule has 0 radical (unpaired) electrons. The molecule has 0 saturated carbocycles. The number of rotatable bonds is 4. The van der Waals surface area contributed by atoms with E-state index in [2.05, 4.69) is 10.3 Å². The molecule has 0 unspecified atom stereocenters. The molecule has 0 atom stereocenters. The molecule has 2 aromatic carbocycles. The van der Waals surface area contributed by atoms with Gasteiger partial charge in [-0.3, -0.25) is 10.2 Å². The summed E-state index contributed by atoms with van der Waals surface area (Å²) in [5.41, 5.74) is 12.1. The number of anilines is 2. The second kappa shape index (κ2) is 7.95. The van der Waals surface area contributed by atoms with Crippen LogP contribution in [0.2, 0.25) is 0 Å². The molecule has 29 heavy (non-hydrogen) atoms. The third-order valence-corrected chi connectivity index (χ3v) is 4.80. The van der Waals surface area contributed by atoms with Crippen molar-refractivity contribution < 1.29 is 4.79 Å². The van der Waals surface area contributed by atoms with Crippen LogP contribution in [-0.2, 0) is 0 Å². The fourth-order valence-corrected chi connectivity index (χ4v) is 2.97. The molecule has 3 aromatic rings. The average molecular weight is 383 g/mol. The van der Waals surface area contributed by atoms with Crippen molar-refractivity contribution in [3.63, 3.8) is 0 Å². The lowest BCUT2D eigenvalue weighted by Gasteiger charge is -2.13. The highest BCUT2D eigenvalue weighted by atomic mass is 16.1. The Bertz CT molecular complexity index is 1170. The van der Waals surface area contributed by atoms with Crippen LogP contribution in [0, 0.1) is 37.5 Å². The van der Waals surface area contributed by atoms with E-state index in [1.165, 1.54) is 6.20 Å². The summed E-state index contributed by atoms with van der Waals surface area (Å²) in [5, 5.41) is 20.3. The third kappa shape index (κ3) is 4.14. The molecule has 3 rings (SSSR count). The first-order valence-corrected chi connectivity index (χ1v) is 9.04. The van der Waals surface area contributed by atoms with Crippen molar-refractivity contribution in [1.82, 2.24) is 4.98 Å². The van der Waals surface area contributed by atoms with Crippen LogP contribution >= 0.6 is 0 Å². The zero-order chi connectivity index (χ0) is 21.1. The Morgan fingerprint density at radius 3 is 2.48 bits per heavy atom. The fraction of sp³-hybridized carbons (Fsp3) is 0.130. The number of hydrogen-bond acceptors (Lipinski definition) is 5. The van der Waals surface area contributed by atoms with Gasteiger partial charge in [0, 0.05) is 28.7 Å². The van der Waals surface area contributed by atoms with Gasteiger partial charge in [-0.25, -0.2) is 4.98 Å². The number of carbonyl (C=O) groups excluding carboxylic acids is 1. The smallest absolute Gasteiger partial charge is 0.274 e. The number of aromatic nitrogens is 1. The maximum absolute atomic E-state index is 12.6. The number of nitrogens with two attached hydrogens (primary N) is 1. The van der Waals surface area contributed by atoms with Crippen LogP contribution in [0.25, 0.3) is 0 Å². The standard InChI is InChI=1S/C23H21N5O/c1-13-4-5-17(9-14(13)2)21(26)19-10-18(6-7-20(19)25)28-23(29)22-15(3)8-16(11-24)12-27-22/h4-10,12,26H,25H2,1-3H3,(H,28,29). The van der Waals surface area contributed by atoms with Gasteiger partial charge in [0.05, 0.1) is 11.3 Å². The van der Waals surface area contributed by atoms with Crippen molar-refractivity contribution in [1.29, 1.82) is 10.7 Å². The van der Waals surface area contributed by atoms with Gasteiger partial charge in [0.25, 0.3) is 5.91 Å². The van der Waals surface area contributed by atoms with Gasteiger partial charge in [0.15, 0.2) is 0 Å². The van der Waals surface area contributed by atoms with Crippen molar-refractivity contribution in [3.8, 4) is 6.07 Å². The Morgan fingerprint density at radius 2 is 1.83 bits per heavy atom. The topological polar surface area (TPSA) is 116 Å². The molecule has 0 saturated heterocycles. The number of pyridine rings is 1. The molecule has 1 amide bonds. The zero-order valence-electron chi connectivity index (χ0n) is 16.5. The van der Waals surface area contributed by atoms with E-state index in [9.17, 15) is 4.79 Å². The second-order valence-corrected chi connectivity index (χ2v) is 6.93. The molecule has 144 valence electrons. The number of hydrogen-bond donors (Lipinski definition) is 3. The number of nitrogen functional groups attached to an aromatic ring is 1. The van der Waals surface area contributed by atoms with Crippen molar-refractivity contribution in [2.75, 3.05) is 11.1 Å². The molecule has 0 fully saturated rings. The number of aryl methyl sites for hydroxylation is 3. The molecule has 0 aliphatic rings. The molecule has 0 bridgehead atoms. The van der Waals surface area contributed by atoms with Crippen molar-refractivity contribution in [2.45, 2.75) is 20.8 Å². The van der Waals surface area contributed by atoms with E-state index in [4.69, 9.17) is 16.4 Å². The number of nitrogens with zero attached hydrogens (tertiary/aromatic N) is 2. The zero-order valence-corrected chi connectivity index (χ0v) is 16.5. The summed E-state index contributed by atoms with van der Waals surface area (Å²) in [6.45, 7) is 5.75. The van der Waals surface area contributed by atoms with Crippen LogP contribution in [-0.4, -0.2) is 16.6 Å². The fourth-order valence-electron chi connectivity index (χ4n) is 2.97. The van der Waals surface area contributed by atoms with Crippen LogP contribution in [0.4, 0.5) is 11.4 Å². The van der Waals surface area contributed by atoms with E-state index in [1.54, 1.807) is 31.2 Å². The van der Waals surface area contributed by atoms with E-state index in [-0.39, 0.29) is 17.3 Å². The highest BCUT2D eigenvalue weighted by Crippen LogP contribution is 2.23. The summed E-state index contributed by atoms with van der Waals surface area (Å²) < 4.78 is 0. The summed E-state index contributed by atoms with van der Waals surface area (Å²) in [6, 6.07) is 14.5. The second-order valence-electron chi connectivity index (χ2n) is 6.93. The Labute approximate surface area is 169 Å². The summed E-state index contributed by atoms with van der Waals surface area (Å²) in [7, 11) is 0. The van der Waals surface area contributed by atoms with Gasteiger partial charge in [-0.15, -0.1) is 0 Å². The first-order chi connectivity index (χ1) is 13.8. The van der Waals surface area contributed by atoms with Crippen LogP contribution < -0.4 is 11.1 Å². The quantitative estimate of drug-likeness (QED) is 0.464. The molecule has 1 heterocycles. The minimum atomic E-state index is -0.388. The monoisotopic (exact) mass is 383 g/mol. The van der Waals surface area contributed by atoms with Crippen molar-refractivity contribution in [3.05, 3.63) is 87.7 Å². The van der Waals surface area contributed by atoms with Gasteiger partial charge in [0.1, 0.15) is 11.8 Å². The lowest BCUT2D eigenvalue weighted by atomic mass is 9.97. The Kier molecular flexibility index (Phi) is 5.42. The van der Waals surface area contributed by atoms with Gasteiger partial charge in [0.2, 0.25) is 0 Å². The maximum Gasteiger partial charge on any atom is 0.274 e. The molecule has 0 spiro atoms. The average Bonchev–Trinajstić information content (AvgIpc) is 2.70. The molecule has 0 aliphatic heterocycles. The summed E-state index contributed by atoms with van der Waals surface area (Å²) in [6.07, 6.45) is 1.37. The van der Waals surface area contributed by atoms with E-state index >= 15 is 0 Å². The minimum absolute atomic E-state index is 0.242. The number of nitrogens with one attached hydrogen (secondary N) is 2. The first kappa shape index (κ1) is 19.8. The summed E-state index contributed by atoms with van der Waals surface area (Å²) >= 11 is 0. The molecular formula is C23H21N5O. The summed E-state index contributed by atoms with van der Waals surface area (Å²) in [5.74, 6) is -0.388. The number of nitriles is 1. The van der Waals surface area contributed by atoms with Crippen LogP contribution in [0.1, 0.15) is 43.9 Å². The molecule has 1 aromatic heterocycles. The number of carbonyl (C=O) groups is 1. The molecular weight excluding hydrogens is 362 g/mol. The van der Waals surface area contributed by atoms with E-state index in [0.29, 0.717) is 28.1 Å². The van der Waals surface area contributed by atoms with Gasteiger partial charge in [-0.2, -0.15) is 5.26 Å². The predicted molar refractivity (Wildman–Crippen MR) is 114 cm³/mol. The largest absolute Gasteiger partial charge is 0.398 e. The number of amides is 1. The highest BCUT2D eigenvalue weighted by molar-refractivity contribution is 6.15. The number of benzene rings is 2. The molecule has 6 nitrogen and oxygen atoms in total. The van der Waals surface area contributed by atoms with Gasteiger partial charge in [-0.1, -0.05) is 12.1 Å². The molecule has 4 N–H and O–H groups in total. The van der Waals surface area contributed by atoms with Crippen LogP contribution in [0.5, 0.6) is 0 Å². The van der Waals surface area contributed by atoms with Crippen molar-refractivity contribution >= 4 is 23.0 Å². The van der Waals surface area contributed by atoms with Crippen LogP contribution in [0.15, 0.2) is 48.7 Å². The molecule has 6 heteroatoms. The summed E-state index contributed by atoms with van der Waals surface area (Å²) in [4.78, 5) is 16.7. The van der Waals surface area contributed by atoms with E-state index in [1.807, 2.05) is 38.1 Å². The normalized spacial score (nSPS) is 10.3. The maximum atomic E-state index is 12.6. The SMILES string of the molecule is Cc1ccc(C(=N)c2cc(NC(=O)c3ncc(C#N)cc3C)ccc2N)cc1C. The Morgan fingerprint density at radius 1 is 1.07 bits per heavy atom. The van der Waals surface area contributed by atoms with Crippen molar-refractivity contribution in [2.24, 2.45) is 0 Å². The first-order valence-electron chi connectivity index (χ1n) is 9.04. The highest BCUT2D eigenvalue weighted by Gasteiger charge is 2.15. The predicted octanol–water partition coefficient (Wildman–Crippen LogP) is 4.13. The van der Waals surface area contributed by atoms with Gasteiger partial charge < -0.3 is 11.1 Å². The third-order valence-electron chi connectivity index (χ3n) is 4.80.